The van der Waals surface area contributed by atoms with Crippen molar-refractivity contribution in [1.29, 1.82) is 0 Å². The Morgan fingerprint density at radius 2 is 1.54 bits per heavy atom. The van der Waals surface area contributed by atoms with Crippen molar-refractivity contribution in [2.75, 3.05) is 24.5 Å². The summed E-state index contributed by atoms with van der Waals surface area (Å²) in [7, 11) is -2.81. The average molecular weight is 662 g/mol. The van der Waals surface area contributed by atoms with Crippen LogP contribution >= 0.6 is 11.6 Å². The summed E-state index contributed by atoms with van der Waals surface area (Å²) in [5.74, 6) is -0.606. The second kappa shape index (κ2) is 15.8. The van der Waals surface area contributed by atoms with Crippen molar-refractivity contribution in [3.8, 4) is 5.75 Å². The van der Waals surface area contributed by atoms with Crippen LogP contribution in [-0.4, -0.2) is 51.4 Å². The zero-order valence-electron chi connectivity index (χ0n) is 26.6. The largest absolute Gasteiger partial charge is 0.495 e. The molecule has 0 fully saturated rings. The predicted octanol–water partition coefficient (Wildman–Crippen LogP) is 6.33. The molecule has 4 aromatic carbocycles. The zero-order chi connectivity index (χ0) is 33.3. The van der Waals surface area contributed by atoms with Crippen molar-refractivity contribution in [3.63, 3.8) is 0 Å². The number of hydrogen-bond donors (Lipinski definition) is 1. The van der Waals surface area contributed by atoms with E-state index < -0.39 is 28.5 Å². The minimum absolute atomic E-state index is 0.0253. The van der Waals surface area contributed by atoms with Crippen LogP contribution in [-0.2, 0) is 32.6 Å². The van der Waals surface area contributed by atoms with Gasteiger partial charge in [0.1, 0.15) is 18.3 Å². The summed E-state index contributed by atoms with van der Waals surface area (Å²) in [5, 5.41) is 3.43. The molecule has 0 radical (unpaired) electrons. The number of ether oxygens (including phenoxy) is 1. The Morgan fingerprint density at radius 3 is 2.20 bits per heavy atom. The molecule has 0 saturated heterocycles. The summed E-state index contributed by atoms with van der Waals surface area (Å²) in [6, 6.07) is 27.1. The molecular formula is C36H40ClN3O5S. The van der Waals surface area contributed by atoms with Crippen molar-refractivity contribution in [2.24, 2.45) is 0 Å². The van der Waals surface area contributed by atoms with Gasteiger partial charge in [-0.1, -0.05) is 84.8 Å². The van der Waals surface area contributed by atoms with E-state index in [1.54, 1.807) is 48.5 Å². The molecule has 10 heteroatoms. The minimum Gasteiger partial charge on any atom is -0.495 e. The molecule has 0 saturated carbocycles. The highest BCUT2D eigenvalue weighted by molar-refractivity contribution is 7.92. The molecule has 0 heterocycles. The number of nitrogens with one attached hydrogen (secondary N) is 1. The molecule has 1 atom stereocenters. The van der Waals surface area contributed by atoms with Gasteiger partial charge in [0.2, 0.25) is 11.8 Å². The van der Waals surface area contributed by atoms with Crippen LogP contribution in [0.4, 0.5) is 5.69 Å². The van der Waals surface area contributed by atoms with Crippen molar-refractivity contribution < 1.29 is 22.7 Å². The number of methoxy groups -OCH3 is 1. The van der Waals surface area contributed by atoms with Gasteiger partial charge in [0.15, 0.2) is 0 Å². The number of benzene rings is 4. The van der Waals surface area contributed by atoms with Crippen molar-refractivity contribution in [3.05, 3.63) is 124 Å². The summed E-state index contributed by atoms with van der Waals surface area (Å²) >= 11 is 6.32. The molecule has 0 spiro atoms. The molecule has 46 heavy (non-hydrogen) atoms. The molecule has 0 bridgehead atoms. The van der Waals surface area contributed by atoms with Crippen LogP contribution in [0, 0.1) is 13.8 Å². The molecule has 0 aliphatic heterocycles. The average Bonchev–Trinajstić information content (AvgIpc) is 3.04. The second-order valence-corrected chi connectivity index (χ2v) is 13.4. The number of halogens is 1. The SMILES string of the molecule is CCCNC(=O)[C@H](Cc1ccccc1)N(Cc1cccc(Cl)c1)C(=O)CN(c1cc(C)ccc1OC)S(=O)(=O)c1ccc(C)cc1. The molecule has 242 valence electrons. The Bertz CT molecular complexity index is 1750. The number of sulfonamides is 1. The van der Waals surface area contributed by atoms with Gasteiger partial charge < -0.3 is 15.0 Å². The molecule has 0 aliphatic rings. The fourth-order valence-electron chi connectivity index (χ4n) is 5.10. The van der Waals surface area contributed by atoms with Gasteiger partial charge in [-0.15, -0.1) is 0 Å². The third kappa shape index (κ3) is 8.68. The van der Waals surface area contributed by atoms with Gasteiger partial charge in [-0.25, -0.2) is 8.42 Å². The molecule has 2 amide bonds. The number of hydrogen-bond acceptors (Lipinski definition) is 5. The van der Waals surface area contributed by atoms with Gasteiger partial charge in [-0.3, -0.25) is 13.9 Å². The Balaban J connectivity index is 1.85. The van der Waals surface area contributed by atoms with E-state index in [-0.39, 0.29) is 35.2 Å². The summed E-state index contributed by atoms with van der Waals surface area (Å²) in [6.45, 7) is 5.53. The van der Waals surface area contributed by atoms with Crippen molar-refractivity contribution in [2.45, 2.75) is 51.1 Å². The standard InChI is InChI=1S/C36H40ClN3O5S/c1-5-20-38-36(42)33(23-28-10-7-6-8-11-28)39(24-29-12-9-13-30(37)22-29)35(41)25-40(32-21-27(3)16-19-34(32)45-4)46(43,44)31-17-14-26(2)15-18-31/h6-19,21-22,33H,5,20,23-25H2,1-4H3,(H,38,42)/t33-/m0/s1. The Hall–Kier alpha value is -4.34. The number of anilines is 1. The fraction of sp³-hybridized carbons (Fsp3) is 0.278. The number of rotatable bonds is 14. The molecule has 8 nitrogen and oxygen atoms in total. The number of carbonyl (C=O) groups is 2. The molecule has 4 rings (SSSR count). The maximum atomic E-state index is 14.6. The van der Waals surface area contributed by atoms with E-state index in [0.717, 1.165) is 21.0 Å². The molecule has 1 N–H and O–H groups in total. The van der Waals surface area contributed by atoms with Crippen molar-refractivity contribution >= 4 is 39.1 Å². The van der Waals surface area contributed by atoms with Crippen LogP contribution in [0.25, 0.3) is 0 Å². The van der Waals surface area contributed by atoms with E-state index in [1.165, 1.54) is 24.1 Å². The first-order valence-corrected chi connectivity index (χ1v) is 16.9. The van der Waals surface area contributed by atoms with Gasteiger partial charge >= 0.3 is 0 Å². The van der Waals surface area contributed by atoms with Gasteiger partial charge in [-0.05, 0) is 73.4 Å². The van der Waals surface area contributed by atoms with Crippen LogP contribution in [0.1, 0.15) is 35.6 Å². The van der Waals surface area contributed by atoms with Crippen LogP contribution in [0.5, 0.6) is 5.75 Å². The Labute approximate surface area is 277 Å². The minimum atomic E-state index is -4.26. The molecule has 0 aliphatic carbocycles. The summed E-state index contributed by atoms with van der Waals surface area (Å²) in [4.78, 5) is 29.9. The molecule has 0 aromatic heterocycles. The van der Waals surface area contributed by atoms with Crippen molar-refractivity contribution in [1.82, 2.24) is 10.2 Å². The van der Waals surface area contributed by atoms with Gasteiger partial charge in [0.25, 0.3) is 10.0 Å². The lowest BCUT2D eigenvalue weighted by Crippen LogP contribution is -2.53. The quantitative estimate of drug-likeness (QED) is 0.171. The van der Waals surface area contributed by atoms with E-state index >= 15 is 0 Å². The lowest BCUT2D eigenvalue weighted by atomic mass is 10.0. The van der Waals surface area contributed by atoms with Crippen LogP contribution < -0.4 is 14.4 Å². The number of carbonyl (C=O) groups excluding carboxylic acids is 2. The first-order chi connectivity index (χ1) is 22.0. The highest BCUT2D eigenvalue weighted by Crippen LogP contribution is 2.34. The van der Waals surface area contributed by atoms with Crippen LogP contribution in [0.3, 0.4) is 0 Å². The number of nitrogens with zero attached hydrogens (tertiary/aromatic N) is 2. The van der Waals surface area contributed by atoms with Gasteiger partial charge in [-0.2, -0.15) is 0 Å². The van der Waals surface area contributed by atoms with E-state index in [4.69, 9.17) is 16.3 Å². The number of aryl methyl sites for hydroxylation is 2. The normalized spacial score (nSPS) is 11.8. The van der Waals surface area contributed by atoms with E-state index in [2.05, 4.69) is 5.32 Å². The monoisotopic (exact) mass is 661 g/mol. The van der Waals surface area contributed by atoms with E-state index in [9.17, 15) is 18.0 Å². The third-order valence-corrected chi connectivity index (χ3v) is 9.56. The molecular weight excluding hydrogens is 622 g/mol. The third-order valence-electron chi connectivity index (χ3n) is 7.55. The smallest absolute Gasteiger partial charge is 0.264 e. The summed E-state index contributed by atoms with van der Waals surface area (Å²) < 4.78 is 35.3. The van der Waals surface area contributed by atoms with E-state index in [1.807, 2.05) is 57.2 Å². The summed E-state index contributed by atoms with van der Waals surface area (Å²) in [6.07, 6.45) is 0.933. The zero-order valence-corrected chi connectivity index (χ0v) is 28.1. The second-order valence-electron chi connectivity index (χ2n) is 11.1. The topological polar surface area (TPSA) is 96.0 Å². The molecule has 0 unspecified atom stereocenters. The Morgan fingerprint density at radius 1 is 0.870 bits per heavy atom. The lowest BCUT2D eigenvalue weighted by Gasteiger charge is -2.34. The number of amides is 2. The first kappa shape index (κ1) is 34.5. The van der Waals surface area contributed by atoms with E-state index in [0.29, 0.717) is 23.6 Å². The first-order valence-electron chi connectivity index (χ1n) is 15.1. The predicted molar refractivity (Wildman–Crippen MR) is 183 cm³/mol. The van der Waals surface area contributed by atoms with Gasteiger partial charge in [0.05, 0.1) is 17.7 Å². The maximum absolute atomic E-state index is 14.6. The lowest BCUT2D eigenvalue weighted by molar-refractivity contribution is -0.140. The van der Waals surface area contributed by atoms with Crippen LogP contribution in [0.15, 0.2) is 102 Å². The Kier molecular flexibility index (Phi) is 11.8. The summed E-state index contributed by atoms with van der Waals surface area (Å²) in [5.41, 5.74) is 3.44. The maximum Gasteiger partial charge on any atom is 0.264 e. The highest BCUT2D eigenvalue weighted by atomic mass is 35.5. The molecule has 4 aromatic rings. The van der Waals surface area contributed by atoms with Gasteiger partial charge in [0, 0.05) is 24.5 Å². The fourth-order valence-corrected chi connectivity index (χ4v) is 6.73. The van der Waals surface area contributed by atoms with Crippen LogP contribution in [0.2, 0.25) is 5.02 Å². The highest BCUT2D eigenvalue weighted by Gasteiger charge is 2.35.